The van der Waals surface area contributed by atoms with Crippen molar-refractivity contribution in [2.45, 2.75) is 20.3 Å². The second-order valence-electron chi connectivity index (χ2n) is 10.0. The van der Waals surface area contributed by atoms with Crippen LogP contribution < -0.4 is 4.90 Å². The molecule has 172 valence electrons. The van der Waals surface area contributed by atoms with Gasteiger partial charge in [-0.2, -0.15) is 0 Å². The molecule has 34 heavy (non-hydrogen) atoms. The molecule has 2 saturated carbocycles. The van der Waals surface area contributed by atoms with Crippen molar-refractivity contribution in [3.05, 3.63) is 76.9 Å². The molecule has 1 heterocycles. The summed E-state index contributed by atoms with van der Waals surface area (Å²) < 4.78 is 5.21. The Kier molecular flexibility index (Phi) is 4.63. The molecule has 4 aliphatic carbocycles. The van der Waals surface area contributed by atoms with Crippen molar-refractivity contribution in [2.75, 3.05) is 11.5 Å². The molecule has 2 amide bonds. The minimum atomic E-state index is -0.626. The molecule has 6 nitrogen and oxygen atoms in total. The minimum Gasteiger partial charge on any atom is -0.454 e. The van der Waals surface area contributed by atoms with Crippen LogP contribution in [0.25, 0.3) is 0 Å². The van der Waals surface area contributed by atoms with E-state index in [0.29, 0.717) is 23.1 Å². The quantitative estimate of drug-likeness (QED) is 0.296. The first kappa shape index (κ1) is 21.0. The molecule has 2 bridgehead atoms. The fourth-order valence-corrected chi connectivity index (χ4v) is 6.17. The number of amides is 2. The standard InChI is InChI=1S/C28H25NO5/c1-14-3-4-17(11-15(14)2)23(30)13-34-28(33)16-5-7-18(8-6-16)29-26(31)24-19-9-10-20(22-12-21(19)22)25(24)27(29)32/h3-11,19-22,24-25H,12-13H2,1-2H3/t19-,20-,21-,22+,24+,25+/m0/s1. The maximum absolute atomic E-state index is 13.2. The van der Waals surface area contributed by atoms with Gasteiger partial charge in [0.1, 0.15) is 0 Å². The summed E-state index contributed by atoms with van der Waals surface area (Å²) in [5.74, 6) is -0.226. The number of ketones is 1. The second kappa shape index (κ2) is 7.49. The summed E-state index contributed by atoms with van der Waals surface area (Å²) in [7, 11) is 0. The lowest BCUT2D eigenvalue weighted by molar-refractivity contribution is -0.124. The van der Waals surface area contributed by atoms with Gasteiger partial charge in [-0.1, -0.05) is 24.3 Å². The normalized spacial score (nSPS) is 30.2. The van der Waals surface area contributed by atoms with E-state index >= 15 is 0 Å². The van der Waals surface area contributed by atoms with Crippen LogP contribution >= 0.6 is 0 Å². The highest BCUT2D eigenvalue weighted by molar-refractivity contribution is 6.22. The van der Waals surface area contributed by atoms with Crippen LogP contribution in [0.1, 0.15) is 38.3 Å². The van der Waals surface area contributed by atoms with Crippen molar-refractivity contribution in [3.63, 3.8) is 0 Å². The van der Waals surface area contributed by atoms with E-state index < -0.39 is 5.97 Å². The predicted molar refractivity (Wildman–Crippen MR) is 124 cm³/mol. The molecule has 0 unspecified atom stereocenters. The van der Waals surface area contributed by atoms with Gasteiger partial charge in [0.15, 0.2) is 12.4 Å². The van der Waals surface area contributed by atoms with E-state index in [0.717, 1.165) is 17.5 Å². The van der Waals surface area contributed by atoms with E-state index in [9.17, 15) is 19.2 Å². The van der Waals surface area contributed by atoms with E-state index in [4.69, 9.17) is 4.74 Å². The monoisotopic (exact) mass is 455 g/mol. The molecular weight excluding hydrogens is 430 g/mol. The van der Waals surface area contributed by atoms with Crippen LogP contribution in [0.4, 0.5) is 5.69 Å². The summed E-state index contributed by atoms with van der Waals surface area (Å²) in [4.78, 5) is 52.6. The van der Waals surface area contributed by atoms with Crippen LogP contribution in [0.5, 0.6) is 0 Å². The minimum absolute atomic E-state index is 0.131. The van der Waals surface area contributed by atoms with Crippen LogP contribution in [0.2, 0.25) is 0 Å². The van der Waals surface area contributed by atoms with Gasteiger partial charge in [-0.25, -0.2) is 4.79 Å². The van der Waals surface area contributed by atoms with Crippen molar-refractivity contribution >= 4 is 29.3 Å². The number of carbonyl (C=O) groups excluding carboxylic acids is 4. The van der Waals surface area contributed by atoms with Gasteiger partial charge in [0, 0.05) is 5.56 Å². The lowest BCUT2D eigenvalue weighted by atomic mass is 9.63. The second-order valence-corrected chi connectivity index (χ2v) is 10.0. The SMILES string of the molecule is Cc1ccc(C(=O)COC(=O)c2ccc(N3C(=O)[C@@H]4[C@H]5C=C[C@@H]([C@@H]6C[C@H]56)[C@H]4C3=O)cc2)cc1C. The average Bonchev–Trinajstić information content (AvgIpc) is 3.62. The molecule has 2 aromatic rings. The molecule has 0 aromatic heterocycles. The molecule has 3 fully saturated rings. The molecule has 1 saturated heterocycles. The largest absolute Gasteiger partial charge is 0.454 e. The highest BCUT2D eigenvalue weighted by Crippen LogP contribution is 2.65. The molecular formula is C28H25NO5. The number of anilines is 1. The molecule has 0 N–H and O–H groups in total. The number of ether oxygens (including phenoxy) is 1. The Bertz CT molecular complexity index is 1240. The molecule has 2 aromatic carbocycles. The summed E-state index contributed by atoms with van der Waals surface area (Å²) in [6.07, 6.45) is 5.42. The number of allylic oxidation sites excluding steroid dienone is 2. The van der Waals surface area contributed by atoms with E-state index in [2.05, 4.69) is 12.2 Å². The maximum Gasteiger partial charge on any atom is 0.338 e. The van der Waals surface area contributed by atoms with Crippen LogP contribution in [-0.4, -0.2) is 30.2 Å². The van der Waals surface area contributed by atoms with Gasteiger partial charge in [-0.05, 0) is 85.4 Å². The number of rotatable bonds is 5. The molecule has 1 aliphatic heterocycles. The van der Waals surface area contributed by atoms with Crippen LogP contribution in [0.3, 0.4) is 0 Å². The predicted octanol–water partition coefficient (Wildman–Crippen LogP) is 3.90. The summed E-state index contributed by atoms with van der Waals surface area (Å²) in [5, 5.41) is 0. The number of nitrogens with zero attached hydrogens (tertiary/aromatic N) is 1. The molecule has 6 atom stereocenters. The lowest BCUT2D eigenvalue weighted by Crippen LogP contribution is -2.40. The Morgan fingerprint density at radius 1 is 0.853 bits per heavy atom. The van der Waals surface area contributed by atoms with Gasteiger partial charge >= 0.3 is 5.97 Å². The Morgan fingerprint density at radius 2 is 1.44 bits per heavy atom. The molecule has 6 heteroatoms. The van der Waals surface area contributed by atoms with E-state index in [-0.39, 0.29) is 53.4 Å². The molecule has 5 aliphatic rings. The number of esters is 1. The summed E-state index contributed by atoms with van der Waals surface area (Å²) in [5.41, 5.74) is 3.32. The van der Waals surface area contributed by atoms with Gasteiger partial charge in [-0.15, -0.1) is 0 Å². The van der Waals surface area contributed by atoms with Crippen molar-refractivity contribution in [2.24, 2.45) is 35.5 Å². The van der Waals surface area contributed by atoms with E-state index in [1.54, 1.807) is 24.3 Å². The summed E-state index contributed by atoms with van der Waals surface area (Å²) >= 11 is 0. The van der Waals surface area contributed by atoms with Gasteiger partial charge in [0.2, 0.25) is 11.8 Å². The van der Waals surface area contributed by atoms with Gasteiger partial charge in [0.25, 0.3) is 0 Å². The number of hydrogen-bond acceptors (Lipinski definition) is 5. The van der Waals surface area contributed by atoms with Gasteiger partial charge < -0.3 is 4.74 Å². The zero-order valence-corrected chi connectivity index (χ0v) is 19.1. The molecule has 7 rings (SSSR count). The number of Topliss-reactive ketones (excluding diaryl/α,β-unsaturated/α-hetero) is 1. The van der Waals surface area contributed by atoms with Crippen LogP contribution in [-0.2, 0) is 14.3 Å². The molecule has 0 spiro atoms. The first-order valence-corrected chi connectivity index (χ1v) is 11.8. The fourth-order valence-electron chi connectivity index (χ4n) is 6.17. The Labute approximate surface area is 197 Å². The summed E-state index contributed by atoms with van der Waals surface area (Å²) in [6.45, 7) is 3.54. The highest BCUT2D eigenvalue weighted by atomic mass is 16.5. The first-order valence-electron chi connectivity index (χ1n) is 11.8. The maximum atomic E-state index is 13.2. The zero-order chi connectivity index (χ0) is 23.7. The lowest BCUT2D eigenvalue weighted by Gasteiger charge is -2.37. The summed E-state index contributed by atoms with van der Waals surface area (Å²) in [6, 6.07) is 11.6. The first-order chi connectivity index (χ1) is 16.3. The molecule has 0 radical (unpaired) electrons. The number of imide groups is 1. The zero-order valence-electron chi connectivity index (χ0n) is 19.1. The number of aryl methyl sites for hydroxylation is 2. The van der Waals surface area contributed by atoms with Crippen molar-refractivity contribution in [1.29, 1.82) is 0 Å². The van der Waals surface area contributed by atoms with Gasteiger partial charge in [-0.3, -0.25) is 19.3 Å². The Balaban J connectivity index is 1.13. The van der Waals surface area contributed by atoms with E-state index in [1.165, 1.54) is 17.0 Å². The van der Waals surface area contributed by atoms with Crippen LogP contribution in [0, 0.1) is 49.4 Å². The smallest absolute Gasteiger partial charge is 0.338 e. The van der Waals surface area contributed by atoms with Crippen molar-refractivity contribution in [3.8, 4) is 0 Å². The third kappa shape index (κ3) is 3.08. The number of hydrogen-bond donors (Lipinski definition) is 0. The third-order valence-electron chi connectivity index (χ3n) is 8.19. The number of carbonyl (C=O) groups is 4. The third-order valence-corrected chi connectivity index (χ3v) is 8.19. The number of benzene rings is 2. The average molecular weight is 456 g/mol. The van der Waals surface area contributed by atoms with Gasteiger partial charge in [0.05, 0.1) is 23.1 Å². The Morgan fingerprint density at radius 3 is 2.03 bits per heavy atom. The Hall–Kier alpha value is -3.54. The fraction of sp³-hybridized carbons (Fsp3) is 0.357. The van der Waals surface area contributed by atoms with Crippen molar-refractivity contribution in [1.82, 2.24) is 0 Å². The van der Waals surface area contributed by atoms with E-state index in [1.807, 2.05) is 19.9 Å². The van der Waals surface area contributed by atoms with Crippen LogP contribution in [0.15, 0.2) is 54.6 Å². The highest BCUT2D eigenvalue weighted by Gasteiger charge is 2.67. The van der Waals surface area contributed by atoms with Crippen molar-refractivity contribution < 1.29 is 23.9 Å². The topological polar surface area (TPSA) is 80.8 Å².